The average molecular weight is 302 g/mol. The van der Waals surface area contributed by atoms with Crippen LogP contribution in [0.2, 0.25) is 0 Å². The molecule has 0 atom stereocenters. The van der Waals surface area contributed by atoms with Crippen LogP contribution in [0, 0.1) is 0 Å². The van der Waals surface area contributed by atoms with Crippen molar-refractivity contribution >= 4 is 0 Å². The predicted octanol–water partition coefficient (Wildman–Crippen LogP) is 3.85. The maximum absolute atomic E-state index is 9.40. The van der Waals surface area contributed by atoms with Crippen LogP contribution in [0.25, 0.3) is 0 Å². The highest BCUT2D eigenvalue weighted by Gasteiger charge is 2.01. The molecule has 2 aromatic carbocycles. The van der Waals surface area contributed by atoms with Crippen molar-refractivity contribution in [1.29, 1.82) is 0 Å². The Bertz CT molecular complexity index is 526. The number of rotatable bonds is 7. The maximum atomic E-state index is 9.40. The monoisotopic (exact) mass is 302 g/mol. The van der Waals surface area contributed by atoms with Crippen LogP contribution in [0.15, 0.2) is 36.4 Å². The first-order valence-corrected chi connectivity index (χ1v) is 7.57. The van der Waals surface area contributed by atoms with Crippen molar-refractivity contribution in [2.24, 2.45) is 0 Å². The molecule has 0 saturated heterocycles. The fourth-order valence-corrected chi connectivity index (χ4v) is 2.61. The van der Waals surface area contributed by atoms with Gasteiger partial charge in [0.1, 0.15) is 23.0 Å². The summed E-state index contributed by atoms with van der Waals surface area (Å²) in [5.74, 6) is 0.384. The number of aromatic hydroxyl groups is 4. The molecule has 0 radical (unpaired) electrons. The van der Waals surface area contributed by atoms with Gasteiger partial charge >= 0.3 is 0 Å². The van der Waals surface area contributed by atoms with Crippen molar-refractivity contribution in [1.82, 2.24) is 0 Å². The first kappa shape index (κ1) is 16.0. The van der Waals surface area contributed by atoms with Crippen LogP contribution in [0.4, 0.5) is 0 Å². The largest absolute Gasteiger partial charge is 0.508 e. The topological polar surface area (TPSA) is 80.9 Å². The van der Waals surface area contributed by atoms with Gasteiger partial charge in [-0.3, -0.25) is 0 Å². The van der Waals surface area contributed by atoms with Crippen LogP contribution in [0.1, 0.15) is 36.8 Å². The molecule has 0 unspecified atom stereocenters. The number of phenolic OH excluding ortho intramolecular Hbond substituents is 4. The number of hydrogen-bond donors (Lipinski definition) is 4. The molecule has 0 saturated carbocycles. The summed E-state index contributed by atoms with van der Waals surface area (Å²) in [6.07, 6.45) is 5.76. The van der Waals surface area contributed by atoms with Gasteiger partial charge in [-0.2, -0.15) is 0 Å². The summed E-state index contributed by atoms with van der Waals surface area (Å²) in [5, 5.41) is 37.6. The highest BCUT2D eigenvalue weighted by molar-refractivity contribution is 5.37. The normalized spacial score (nSPS) is 10.7. The molecule has 0 heterocycles. The fourth-order valence-electron chi connectivity index (χ4n) is 2.61. The summed E-state index contributed by atoms with van der Waals surface area (Å²) in [6, 6.07) is 9.36. The number of phenols is 4. The highest BCUT2D eigenvalue weighted by atomic mass is 16.3. The van der Waals surface area contributed by atoms with E-state index in [9.17, 15) is 20.4 Å². The molecule has 118 valence electrons. The molecule has 0 aliphatic heterocycles. The van der Waals surface area contributed by atoms with E-state index in [0.29, 0.717) is 0 Å². The third kappa shape index (κ3) is 5.20. The lowest BCUT2D eigenvalue weighted by Crippen LogP contribution is -1.89. The zero-order chi connectivity index (χ0) is 15.9. The lowest BCUT2D eigenvalue weighted by molar-refractivity contribution is 0.447. The zero-order valence-corrected chi connectivity index (χ0v) is 12.5. The van der Waals surface area contributed by atoms with Gasteiger partial charge in [-0.05, 0) is 61.1 Å². The molecule has 4 N–H and O–H groups in total. The van der Waals surface area contributed by atoms with E-state index in [2.05, 4.69) is 0 Å². The zero-order valence-electron chi connectivity index (χ0n) is 12.5. The molecular formula is C18H22O4. The average Bonchev–Trinajstić information content (AvgIpc) is 2.40. The van der Waals surface area contributed by atoms with Gasteiger partial charge in [0.05, 0.1) is 0 Å². The van der Waals surface area contributed by atoms with Gasteiger partial charge < -0.3 is 20.4 Å². The van der Waals surface area contributed by atoms with Crippen molar-refractivity contribution < 1.29 is 20.4 Å². The lowest BCUT2D eigenvalue weighted by Gasteiger charge is -2.05. The van der Waals surface area contributed by atoms with Gasteiger partial charge in [0, 0.05) is 12.1 Å². The number of hydrogen-bond acceptors (Lipinski definition) is 4. The van der Waals surface area contributed by atoms with E-state index in [-0.39, 0.29) is 23.0 Å². The second-order valence-corrected chi connectivity index (χ2v) is 5.63. The molecular weight excluding hydrogens is 280 g/mol. The molecule has 2 aromatic rings. The van der Waals surface area contributed by atoms with Gasteiger partial charge in [0.2, 0.25) is 0 Å². The molecule has 0 amide bonds. The molecule has 0 aromatic heterocycles. The summed E-state index contributed by atoms with van der Waals surface area (Å²) in [4.78, 5) is 0. The van der Waals surface area contributed by atoms with Crippen molar-refractivity contribution in [2.45, 2.75) is 38.5 Å². The molecule has 0 spiro atoms. The Labute approximate surface area is 130 Å². The summed E-state index contributed by atoms with van der Waals surface area (Å²) in [7, 11) is 0. The Morgan fingerprint density at radius 1 is 0.455 bits per heavy atom. The molecule has 22 heavy (non-hydrogen) atoms. The van der Waals surface area contributed by atoms with E-state index in [0.717, 1.165) is 49.7 Å². The van der Waals surface area contributed by atoms with E-state index in [4.69, 9.17) is 0 Å². The van der Waals surface area contributed by atoms with Crippen LogP contribution in [-0.2, 0) is 12.8 Å². The molecule has 4 nitrogen and oxygen atoms in total. The summed E-state index contributed by atoms with van der Waals surface area (Å²) in [5.41, 5.74) is 1.88. The van der Waals surface area contributed by atoms with Crippen LogP contribution in [0.5, 0.6) is 23.0 Å². The second kappa shape index (κ2) is 7.59. The second-order valence-electron chi connectivity index (χ2n) is 5.63. The van der Waals surface area contributed by atoms with Crippen LogP contribution < -0.4 is 0 Å². The molecule has 0 bridgehead atoms. The molecule has 0 aliphatic carbocycles. The van der Waals surface area contributed by atoms with Crippen molar-refractivity contribution in [3.63, 3.8) is 0 Å². The smallest absolute Gasteiger partial charge is 0.119 e. The first-order valence-electron chi connectivity index (χ1n) is 7.57. The Kier molecular flexibility index (Phi) is 5.53. The lowest BCUT2D eigenvalue weighted by atomic mass is 10.0. The minimum absolute atomic E-state index is 0.0960. The number of unbranched alkanes of at least 4 members (excludes halogenated alkanes) is 3. The predicted molar refractivity (Wildman–Crippen MR) is 85.4 cm³/mol. The summed E-state index contributed by atoms with van der Waals surface area (Å²) >= 11 is 0. The van der Waals surface area contributed by atoms with E-state index in [1.165, 1.54) is 12.1 Å². The summed E-state index contributed by atoms with van der Waals surface area (Å²) < 4.78 is 0. The van der Waals surface area contributed by atoms with Crippen molar-refractivity contribution in [3.8, 4) is 23.0 Å². The Balaban J connectivity index is 1.67. The van der Waals surface area contributed by atoms with Crippen LogP contribution in [0.3, 0.4) is 0 Å². The number of benzene rings is 2. The molecule has 0 aliphatic rings. The van der Waals surface area contributed by atoms with Gasteiger partial charge in [0.15, 0.2) is 0 Å². The van der Waals surface area contributed by atoms with Gasteiger partial charge in [-0.15, -0.1) is 0 Å². The number of aryl methyl sites for hydroxylation is 2. The fraction of sp³-hybridized carbons (Fsp3) is 0.333. The first-order chi connectivity index (χ1) is 10.5. The Morgan fingerprint density at radius 2 is 0.773 bits per heavy atom. The van der Waals surface area contributed by atoms with E-state index in [1.54, 1.807) is 24.3 Å². The third-order valence-electron chi connectivity index (χ3n) is 3.61. The molecule has 4 heteroatoms. The Hall–Kier alpha value is -2.36. The van der Waals surface area contributed by atoms with Gasteiger partial charge in [-0.25, -0.2) is 0 Å². The quantitative estimate of drug-likeness (QED) is 0.586. The minimum atomic E-state index is 0.0960. The van der Waals surface area contributed by atoms with Crippen molar-refractivity contribution in [2.75, 3.05) is 0 Å². The van der Waals surface area contributed by atoms with Crippen molar-refractivity contribution in [3.05, 3.63) is 47.5 Å². The molecule has 0 fully saturated rings. The summed E-state index contributed by atoms with van der Waals surface area (Å²) in [6.45, 7) is 0. The SMILES string of the molecule is Oc1cc(O)cc(CCCCCCc2cc(O)cc(O)c2)c1. The van der Waals surface area contributed by atoms with Crippen LogP contribution in [-0.4, -0.2) is 20.4 Å². The standard InChI is InChI=1S/C18H22O4/c19-15-7-13(8-16(20)11-15)5-3-1-2-4-6-14-9-17(21)12-18(22)10-14/h7-12,19-22H,1-6H2. The van der Waals surface area contributed by atoms with Crippen LogP contribution >= 0.6 is 0 Å². The minimum Gasteiger partial charge on any atom is -0.508 e. The van der Waals surface area contributed by atoms with E-state index >= 15 is 0 Å². The van der Waals surface area contributed by atoms with E-state index < -0.39 is 0 Å². The van der Waals surface area contributed by atoms with E-state index in [1.807, 2.05) is 0 Å². The molecule has 2 rings (SSSR count). The Morgan fingerprint density at radius 3 is 1.09 bits per heavy atom. The van der Waals surface area contributed by atoms with Gasteiger partial charge in [0.25, 0.3) is 0 Å². The third-order valence-corrected chi connectivity index (χ3v) is 3.61. The highest BCUT2D eigenvalue weighted by Crippen LogP contribution is 2.23. The maximum Gasteiger partial charge on any atom is 0.119 e. The van der Waals surface area contributed by atoms with Gasteiger partial charge in [-0.1, -0.05) is 12.8 Å².